The molecule has 0 aliphatic carbocycles. The summed E-state index contributed by atoms with van der Waals surface area (Å²) in [5.74, 6) is -1.75. The molecule has 0 aliphatic rings. The fourth-order valence-electron chi connectivity index (χ4n) is 2.25. The summed E-state index contributed by atoms with van der Waals surface area (Å²) in [5.41, 5.74) is 0.872. The molecule has 0 saturated heterocycles. The number of aliphatic carboxylic acids is 1. The lowest BCUT2D eigenvalue weighted by Crippen LogP contribution is -2.29. The van der Waals surface area contributed by atoms with Crippen molar-refractivity contribution in [3.05, 3.63) is 56.5 Å². The van der Waals surface area contributed by atoms with E-state index in [1.807, 2.05) is 0 Å². The normalized spacial score (nSPS) is 11.0. The number of anilines is 1. The van der Waals surface area contributed by atoms with Gasteiger partial charge in [-0.15, -0.1) is 0 Å². The average Bonchev–Trinajstić information content (AvgIpc) is 2.56. The van der Waals surface area contributed by atoms with Crippen molar-refractivity contribution >= 4 is 62.4 Å². The molecule has 12 heteroatoms. The number of carbonyl (C=O) groups excluding carboxylic acids is 1. The number of nitrogens with one attached hydrogen (secondary N) is 2. The maximum absolute atomic E-state index is 11.9. The number of benzene rings is 2. The maximum atomic E-state index is 11.9. The molecular weight excluding hydrogens is 467 g/mol. The number of amides is 1. The molecule has 0 aliphatic heterocycles. The van der Waals surface area contributed by atoms with Crippen molar-refractivity contribution in [1.82, 2.24) is 5.32 Å². The van der Waals surface area contributed by atoms with Crippen LogP contribution in [-0.2, 0) is 21.4 Å². The Bertz CT molecular complexity index is 1040. The van der Waals surface area contributed by atoms with Crippen LogP contribution in [0.4, 0.5) is 5.69 Å². The first-order valence-corrected chi connectivity index (χ1v) is 10.9. The van der Waals surface area contributed by atoms with Crippen LogP contribution in [0.1, 0.15) is 15.9 Å². The van der Waals surface area contributed by atoms with Gasteiger partial charge in [-0.05, 0) is 35.9 Å². The van der Waals surface area contributed by atoms with E-state index in [1.165, 1.54) is 24.3 Å². The first kappa shape index (κ1) is 23.1. The fourth-order valence-corrected chi connectivity index (χ4v) is 3.65. The molecule has 2 rings (SSSR count). The second-order valence-electron chi connectivity index (χ2n) is 5.86. The molecular formula is C17H15Cl3N2O6S. The molecule has 2 aromatic carbocycles. The smallest absolute Gasteiger partial charge is 0.322 e. The zero-order valence-corrected chi connectivity index (χ0v) is 17.9. The van der Waals surface area contributed by atoms with Gasteiger partial charge in [0, 0.05) is 10.6 Å². The van der Waals surface area contributed by atoms with Crippen molar-refractivity contribution in [3.8, 4) is 5.75 Å². The van der Waals surface area contributed by atoms with Crippen LogP contribution < -0.4 is 14.8 Å². The first-order valence-electron chi connectivity index (χ1n) is 7.83. The highest BCUT2D eigenvalue weighted by molar-refractivity contribution is 7.92. The molecule has 1 amide bonds. The van der Waals surface area contributed by atoms with Crippen molar-refractivity contribution in [3.63, 3.8) is 0 Å². The number of hydrogen-bond acceptors (Lipinski definition) is 5. The molecule has 0 aromatic heterocycles. The first-order chi connectivity index (χ1) is 13.4. The Labute approximate surface area is 181 Å². The van der Waals surface area contributed by atoms with Gasteiger partial charge in [0.2, 0.25) is 10.0 Å². The van der Waals surface area contributed by atoms with Gasteiger partial charge in [0.15, 0.2) is 5.75 Å². The standard InChI is InChI=1S/C17H15Cl3N2O6S/c1-29(26,27)22-12-3-9(2-11(18)6-12)8-28-16-13(19)4-10(5-14(16)20)17(25)21-7-15(23)24/h2-6,22H,7-8H2,1H3,(H,21,25)(H,23,24). The predicted octanol–water partition coefficient (Wildman–Crippen LogP) is 3.41. The van der Waals surface area contributed by atoms with Crippen LogP contribution in [0.25, 0.3) is 0 Å². The van der Waals surface area contributed by atoms with Crippen LogP contribution in [0, 0.1) is 0 Å². The summed E-state index contributed by atoms with van der Waals surface area (Å²) in [7, 11) is -3.48. The van der Waals surface area contributed by atoms with E-state index >= 15 is 0 Å². The van der Waals surface area contributed by atoms with Crippen molar-refractivity contribution in [1.29, 1.82) is 0 Å². The van der Waals surface area contributed by atoms with Crippen molar-refractivity contribution in [2.24, 2.45) is 0 Å². The summed E-state index contributed by atoms with van der Waals surface area (Å²) in [4.78, 5) is 22.5. The Kier molecular flexibility index (Phi) is 7.59. The van der Waals surface area contributed by atoms with Crippen molar-refractivity contribution < 1.29 is 27.9 Å². The van der Waals surface area contributed by atoms with Crippen LogP contribution in [0.2, 0.25) is 15.1 Å². The Morgan fingerprint density at radius 1 is 1.07 bits per heavy atom. The third-order valence-corrected chi connectivity index (χ3v) is 4.69. The quantitative estimate of drug-likeness (QED) is 0.531. The van der Waals surface area contributed by atoms with Crippen LogP contribution >= 0.6 is 34.8 Å². The number of halogens is 3. The Morgan fingerprint density at radius 3 is 2.24 bits per heavy atom. The summed E-state index contributed by atoms with van der Waals surface area (Å²) in [6, 6.07) is 7.12. The van der Waals surface area contributed by atoms with Crippen LogP contribution in [0.15, 0.2) is 30.3 Å². The van der Waals surface area contributed by atoms with E-state index in [2.05, 4.69) is 10.0 Å². The highest BCUT2D eigenvalue weighted by Gasteiger charge is 2.15. The van der Waals surface area contributed by atoms with E-state index in [1.54, 1.807) is 6.07 Å². The minimum absolute atomic E-state index is 0.0366. The molecule has 0 heterocycles. The molecule has 2 aromatic rings. The zero-order valence-electron chi connectivity index (χ0n) is 14.8. The second-order valence-corrected chi connectivity index (χ2v) is 8.86. The van der Waals surface area contributed by atoms with Gasteiger partial charge in [-0.25, -0.2) is 8.42 Å². The SMILES string of the molecule is CS(=O)(=O)Nc1cc(Cl)cc(COc2c(Cl)cc(C(=O)NCC(=O)O)cc2Cl)c1. The van der Waals surface area contributed by atoms with Crippen LogP contribution in [0.3, 0.4) is 0 Å². The second kappa shape index (κ2) is 9.53. The molecule has 0 spiro atoms. The molecule has 156 valence electrons. The molecule has 0 bridgehead atoms. The predicted molar refractivity (Wildman–Crippen MR) is 111 cm³/mol. The number of carboxylic acid groups (broad SMARTS) is 1. The molecule has 0 radical (unpaired) electrons. The maximum Gasteiger partial charge on any atom is 0.322 e. The third-order valence-electron chi connectivity index (χ3n) is 3.30. The van der Waals surface area contributed by atoms with E-state index in [4.69, 9.17) is 44.6 Å². The van der Waals surface area contributed by atoms with Gasteiger partial charge in [-0.2, -0.15) is 0 Å². The Morgan fingerprint density at radius 2 is 1.69 bits per heavy atom. The van der Waals surface area contributed by atoms with Gasteiger partial charge < -0.3 is 15.2 Å². The van der Waals surface area contributed by atoms with Gasteiger partial charge >= 0.3 is 5.97 Å². The van der Waals surface area contributed by atoms with Gasteiger partial charge in [-0.1, -0.05) is 34.8 Å². The molecule has 8 nitrogen and oxygen atoms in total. The lowest BCUT2D eigenvalue weighted by molar-refractivity contribution is -0.135. The van der Waals surface area contributed by atoms with Gasteiger partial charge in [0.1, 0.15) is 13.2 Å². The molecule has 0 saturated carbocycles. The number of ether oxygens (including phenoxy) is 1. The lowest BCUT2D eigenvalue weighted by atomic mass is 10.2. The minimum atomic E-state index is -3.48. The van der Waals surface area contributed by atoms with Gasteiger partial charge in [-0.3, -0.25) is 14.3 Å². The number of rotatable bonds is 8. The van der Waals surface area contributed by atoms with Gasteiger partial charge in [0.25, 0.3) is 5.91 Å². The van der Waals surface area contributed by atoms with Crippen LogP contribution in [0.5, 0.6) is 5.75 Å². The van der Waals surface area contributed by atoms with E-state index in [0.717, 1.165) is 6.26 Å². The van der Waals surface area contributed by atoms with Gasteiger partial charge in [0.05, 0.1) is 22.0 Å². The summed E-state index contributed by atoms with van der Waals surface area (Å²) in [5, 5.41) is 11.2. The highest BCUT2D eigenvalue weighted by atomic mass is 35.5. The summed E-state index contributed by atoms with van der Waals surface area (Å²) < 4.78 is 30.7. The molecule has 29 heavy (non-hydrogen) atoms. The van der Waals surface area contributed by atoms with E-state index in [9.17, 15) is 18.0 Å². The van der Waals surface area contributed by atoms with Crippen molar-refractivity contribution in [2.75, 3.05) is 17.5 Å². The summed E-state index contributed by atoms with van der Waals surface area (Å²) in [6.45, 7) is -0.589. The molecule has 0 unspecified atom stereocenters. The number of carboxylic acids is 1. The number of hydrogen-bond donors (Lipinski definition) is 3. The summed E-state index contributed by atoms with van der Waals surface area (Å²) in [6.07, 6.45) is 1.01. The Balaban J connectivity index is 2.17. The van der Waals surface area contributed by atoms with Crippen molar-refractivity contribution in [2.45, 2.75) is 6.61 Å². The van der Waals surface area contributed by atoms with E-state index in [-0.39, 0.29) is 33.7 Å². The molecule has 0 atom stereocenters. The summed E-state index contributed by atoms with van der Waals surface area (Å²) >= 11 is 18.3. The largest absolute Gasteiger partial charge is 0.486 e. The van der Waals surface area contributed by atoms with E-state index in [0.29, 0.717) is 10.6 Å². The van der Waals surface area contributed by atoms with E-state index < -0.39 is 28.4 Å². The minimum Gasteiger partial charge on any atom is -0.486 e. The third kappa shape index (κ3) is 7.28. The highest BCUT2D eigenvalue weighted by Crippen LogP contribution is 2.35. The topological polar surface area (TPSA) is 122 Å². The lowest BCUT2D eigenvalue weighted by Gasteiger charge is -2.13. The number of sulfonamides is 1. The Hall–Kier alpha value is -2.20. The van der Waals surface area contributed by atoms with Crippen LogP contribution in [-0.4, -0.2) is 38.2 Å². The molecule has 3 N–H and O–H groups in total. The fraction of sp³-hybridized carbons (Fsp3) is 0.176. The zero-order chi connectivity index (χ0) is 21.8. The monoisotopic (exact) mass is 480 g/mol. The number of carbonyl (C=O) groups is 2. The molecule has 0 fully saturated rings. The average molecular weight is 482 g/mol.